The van der Waals surface area contributed by atoms with Crippen LogP contribution in [0, 0.1) is 11.6 Å². The Kier molecular flexibility index (Phi) is 4.92. The molecular formula is C15H11F5N2O. The van der Waals surface area contributed by atoms with Crippen LogP contribution in [0.25, 0.3) is 0 Å². The molecule has 0 aliphatic carbocycles. The van der Waals surface area contributed by atoms with E-state index in [2.05, 4.69) is 10.3 Å². The van der Waals surface area contributed by atoms with Crippen molar-refractivity contribution in [2.45, 2.75) is 12.6 Å². The van der Waals surface area contributed by atoms with E-state index in [0.29, 0.717) is 0 Å². The molecule has 0 fully saturated rings. The molecule has 0 bridgehead atoms. The minimum atomic E-state index is -4.72. The van der Waals surface area contributed by atoms with Crippen molar-refractivity contribution in [1.82, 2.24) is 10.3 Å². The van der Waals surface area contributed by atoms with Gasteiger partial charge in [0.05, 0.1) is 5.56 Å². The molecule has 1 amide bonds. The maximum absolute atomic E-state index is 13.4. The van der Waals surface area contributed by atoms with Crippen molar-refractivity contribution >= 4 is 5.91 Å². The van der Waals surface area contributed by atoms with Crippen LogP contribution in [0.3, 0.4) is 0 Å². The van der Waals surface area contributed by atoms with E-state index in [-0.39, 0.29) is 18.5 Å². The fourth-order valence-electron chi connectivity index (χ4n) is 1.97. The molecule has 122 valence electrons. The monoisotopic (exact) mass is 330 g/mol. The van der Waals surface area contributed by atoms with Gasteiger partial charge in [0.2, 0.25) is 0 Å². The molecular weight excluding hydrogens is 319 g/mol. The van der Waals surface area contributed by atoms with Gasteiger partial charge in [0, 0.05) is 18.3 Å². The molecule has 0 radical (unpaired) electrons. The maximum atomic E-state index is 13.4. The molecule has 0 atom stereocenters. The van der Waals surface area contributed by atoms with Gasteiger partial charge in [-0.25, -0.2) is 8.78 Å². The van der Waals surface area contributed by atoms with Gasteiger partial charge in [0.25, 0.3) is 5.91 Å². The lowest BCUT2D eigenvalue weighted by molar-refractivity contribution is -0.138. The molecule has 1 N–H and O–H groups in total. The second kappa shape index (κ2) is 6.72. The van der Waals surface area contributed by atoms with E-state index in [9.17, 15) is 26.7 Å². The van der Waals surface area contributed by atoms with E-state index < -0.39 is 35.0 Å². The van der Waals surface area contributed by atoms with Crippen molar-refractivity contribution in [2.75, 3.05) is 6.54 Å². The zero-order chi connectivity index (χ0) is 17.0. The second-order valence-corrected chi connectivity index (χ2v) is 4.60. The number of aromatic nitrogens is 1. The molecule has 1 aromatic carbocycles. The summed E-state index contributed by atoms with van der Waals surface area (Å²) in [6.07, 6.45) is -3.86. The summed E-state index contributed by atoms with van der Waals surface area (Å²) in [5.41, 5.74) is -2.20. The molecule has 1 heterocycles. The van der Waals surface area contributed by atoms with Crippen molar-refractivity contribution in [3.05, 3.63) is 65.0 Å². The number of carbonyl (C=O) groups excluding carboxylic acids is 1. The minimum Gasteiger partial charge on any atom is -0.350 e. The summed E-state index contributed by atoms with van der Waals surface area (Å²) in [7, 11) is 0. The molecule has 0 aliphatic heterocycles. The predicted molar refractivity (Wildman–Crippen MR) is 71.6 cm³/mol. The van der Waals surface area contributed by atoms with Gasteiger partial charge >= 0.3 is 6.18 Å². The van der Waals surface area contributed by atoms with Crippen LogP contribution < -0.4 is 5.32 Å². The SMILES string of the molecule is O=C(NCCc1c(F)cccc1F)c1ncccc1C(F)(F)F. The Labute approximate surface area is 128 Å². The third-order valence-corrected chi connectivity index (χ3v) is 3.05. The Hall–Kier alpha value is -2.51. The molecule has 0 spiro atoms. The summed E-state index contributed by atoms with van der Waals surface area (Å²) in [5.74, 6) is -2.63. The first kappa shape index (κ1) is 16.9. The zero-order valence-electron chi connectivity index (χ0n) is 11.6. The third kappa shape index (κ3) is 4.02. The van der Waals surface area contributed by atoms with Crippen LogP contribution in [0.5, 0.6) is 0 Å². The van der Waals surface area contributed by atoms with Crippen molar-refractivity contribution in [2.24, 2.45) is 0 Å². The summed E-state index contributed by atoms with van der Waals surface area (Å²) in [4.78, 5) is 15.2. The standard InChI is InChI=1S/C15H11F5N2O/c16-11-4-1-5-12(17)9(11)6-8-22-14(23)13-10(15(18,19)20)3-2-7-21-13/h1-5,7H,6,8H2,(H,22,23). The number of hydrogen-bond acceptors (Lipinski definition) is 2. The van der Waals surface area contributed by atoms with Gasteiger partial charge in [-0.1, -0.05) is 6.07 Å². The molecule has 0 unspecified atom stereocenters. The second-order valence-electron chi connectivity index (χ2n) is 4.60. The lowest BCUT2D eigenvalue weighted by Crippen LogP contribution is -2.29. The first-order valence-electron chi connectivity index (χ1n) is 6.54. The first-order valence-corrected chi connectivity index (χ1v) is 6.54. The summed E-state index contributed by atoms with van der Waals surface area (Å²) >= 11 is 0. The lowest BCUT2D eigenvalue weighted by Gasteiger charge is -2.12. The zero-order valence-corrected chi connectivity index (χ0v) is 11.6. The highest BCUT2D eigenvalue weighted by molar-refractivity contribution is 5.93. The fourth-order valence-corrected chi connectivity index (χ4v) is 1.97. The van der Waals surface area contributed by atoms with Crippen LogP contribution in [0.15, 0.2) is 36.5 Å². The van der Waals surface area contributed by atoms with E-state index >= 15 is 0 Å². The van der Waals surface area contributed by atoms with Crippen LogP contribution in [-0.4, -0.2) is 17.4 Å². The summed E-state index contributed by atoms with van der Waals surface area (Å²) in [6, 6.07) is 5.10. The van der Waals surface area contributed by atoms with Crippen LogP contribution in [0.1, 0.15) is 21.6 Å². The van der Waals surface area contributed by atoms with E-state index in [1.807, 2.05) is 0 Å². The molecule has 1 aromatic heterocycles. The van der Waals surface area contributed by atoms with Crippen molar-refractivity contribution in [3.8, 4) is 0 Å². The number of halogens is 5. The largest absolute Gasteiger partial charge is 0.418 e. The van der Waals surface area contributed by atoms with Gasteiger partial charge < -0.3 is 5.32 Å². The van der Waals surface area contributed by atoms with Crippen LogP contribution in [0.2, 0.25) is 0 Å². The smallest absolute Gasteiger partial charge is 0.350 e. The first-order chi connectivity index (χ1) is 10.8. The lowest BCUT2D eigenvalue weighted by atomic mass is 10.1. The topological polar surface area (TPSA) is 42.0 Å². The van der Waals surface area contributed by atoms with Gasteiger partial charge in [-0.2, -0.15) is 13.2 Å². The van der Waals surface area contributed by atoms with Gasteiger partial charge in [0.1, 0.15) is 17.3 Å². The van der Waals surface area contributed by atoms with Gasteiger partial charge in [-0.3, -0.25) is 9.78 Å². The van der Waals surface area contributed by atoms with Crippen LogP contribution in [0.4, 0.5) is 22.0 Å². The van der Waals surface area contributed by atoms with Crippen LogP contribution in [-0.2, 0) is 12.6 Å². The Morgan fingerprint density at radius 3 is 2.35 bits per heavy atom. The number of hydrogen-bond donors (Lipinski definition) is 1. The van der Waals surface area contributed by atoms with Crippen molar-refractivity contribution < 1.29 is 26.7 Å². The maximum Gasteiger partial charge on any atom is 0.418 e. The molecule has 3 nitrogen and oxygen atoms in total. The van der Waals surface area contributed by atoms with Gasteiger partial charge in [0.15, 0.2) is 0 Å². The summed E-state index contributed by atoms with van der Waals surface area (Å²) in [6.45, 7) is -0.232. The molecule has 0 aliphatic rings. The number of carbonyl (C=O) groups is 1. The molecule has 0 saturated heterocycles. The number of rotatable bonds is 4. The average Bonchev–Trinajstić information content (AvgIpc) is 2.49. The molecule has 23 heavy (non-hydrogen) atoms. The fraction of sp³-hybridized carbons (Fsp3) is 0.200. The summed E-state index contributed by atoms with van der Waals surface area (Å²) < 4.78 is 65.2. The molecule has 8 heteroatoms. The highest BCUT2D eigenvalue weighted by Gasteiger charge is 2.35. The third-order valence-electron chi connectivity index (χ3n) is 3.05. The number of nitrogens with one attached hydrogen (secondary N) is 1. The Bertz CT molecular complexity index is 695. The highest BCUT2D eigenvalue weighted by atomic mass is 19.4. The highest BCUT2D eigenvalue weighted by Crippen LogP contribution is 2.30. The van der Waals surface area contributed by atoms with E-state index in [4.69, 9.17) is 0 Å². The predicted octanol–water partition coefficient (Wildman–Crippen LogP) is 3.35. The normalized spacial score (nSPS) is 11.3. The molecule has 2 rings (SSSR count). The van der Waals surface area contributed by atoms with E-state index in [1.165, 1.54) is 6.07 Å². The number of pyridine rings is 1. The minimum absolute atomic E-state index is 0.196. The van der Waals surface area contributed by atoms with Gasteiger partial charge in [-0.05, 0) is 30.7 Å². The van der Waals surface area contributed by atoms with Crippen LogP contribution >= 0.6 is 0 Å². The Balaban J connectivity index is 2.07. The van der Waals surface area contributed by atoms with Crippen molar-refractivity contribution in [1.29, 1.82) is 0 Å². The molecule has 2 aromatic rings. The van der Waals surface area contributed by atoms with Crippen molar-refractivity contribution in [3.63, 3.8) is 0 Å². The number of benzene rings is 1. The van der Waals surface area contributed by atoms with Gasteiger partial charge in [-0.15, -0.1) is 0 Å². The Morgan fingerprint density at radius 2 is 1.74 bits per heavy atom. The van der Waals surface area contributed by atoms with E-state index in [1.54, 1.807) is 0 Å². The summed E-state index contributed by atoms with van der Waals surface area (Å²) in [5, 5.41) is 2.18. The van der Waals surface area contributed by atoms with E-state index in [0.717, 1.165) is 30.5 Å². The number of nitrogens with zero attached hydrogens (tertiary/aromatic N) is 1. The Morgan fingerprint density at radius 1 is 1.09 bits per heavy atom. The number of amides is 1. The molecule has 0 saturated carbocycles. The average molecular weight is 330 g/mol. The quantitative estimate of drug-likeness (QED) is 0.874. The number of alkyl halides is 3.